The van der Waals surface area contributed by atoms with Crippen LogP contribution in [0.3, 0.4) is 0 Å². The SMILES string of the molecule is C=CC(=O)OC(CC)(C(=O)O)N(C)C. The fourth-order valence-corrected chi connectivity index (χ4v) is 1.07. The second-order valence-corrected chi connectivity index (χ2v) is 2.96. The lowest BCUT2D eigenvalue weighted by molar-refractivity contribution is -0.196. The molecule has 14 heavy (non-hydrogen) atoms. The highest BCUT2D eigenvalue weighted by Gasteiger charge is 2.43. The van der Waals surface area contributed by atoms with Gasteiger partial charge in [-0.05, 0) is 14.1 Å². The molecule has 0 aliphatic carbocycles. The maximum atomic E-state index is 11.0. The molecule has 5 heteroatoms. The molecule has 0 aromatic rings. The fourth-order valence-electron chi connectivity index (χ4n) is 1.07. The highest BCUT2D eigenvalue weighted by molar-refractivity contribution is 5.86. The third-order valence-corrected chi connectivity index (χ3v) is 1.97. The van der Waals surface area contributed by atoms with Crippen LogP contribution in [0.15, 0.2) is 12.7 Å². The summed E-state index contributed by atoms with van der Waals surface area (Å²) in [5.74, 6) is -1.94. The number of carbonyl (C=O) groups excluding carboxylic acids is 1. The van der Waals surface area contributed by atoms with Gasteiger partial charge in [0.15, 0.2) is 0 Å². The molecule has 0 radical (unpaired) electrons. The Bertz CT molecular complexity index is 249. The molecular formula is C9H15NO4. The number of rotatable bonds is 5. The zero-order chi connectivity index (χ0) is 11.4. The first-order chi connectivity index (χ1) is 6.40. The molecule has 0 rings (SSSR count). The maximum absolute atomic E-state index is 11.0. The second-order valence-electron chi connectivity index (χ2n) is 2.96. The van der Waals surface area contributed by atoms with Crippen molar-refractivity contribution in [1.82, 2.24) is 4.90 Å². The van der Waals surface area contributed by atoms with Gasteiger partial charge in [-0.3, -0.25) is 4.90 Å². The minimum atomic E-state index is -1.61. The minimum Gasteiger partial charge on any atom is -0.477 e. The number of hydrogen-bond donors (Lipinski definition) is 1. The van der Waals surface area contributed by atoms with E-state index in [1.807, 2.05) is 0 Å². The van der Waals surface area contributed by atoms with Crippen LogP contribution in [-0.4, -0.2) is 41.8 Å². The van der Waals surface area contributed by atoms with E-state index in [0.717, 1.165) is 6.08 Å². The van der Waals surface area contributed by atoms with Crippen molar-refractivity contribution < 1.29 is 19.4 Å². The standard InChI is InChI=1S/C9H15NO4/c1-5-7(11)14-9(6-2,8(12)13)10(3)4/h5H,1,6H2,2-4H3,(H,12,13). The lowest BCUT2D eigenvalue weighted by atomic mass is 10.1. The average Bonchev–Trinajstić information content (AvgIpc) is 2.12. The lowest BCUT2D eigenvalue weighted by Gasteiger charge is -2.33. The summed E-state index contributed by atoms with van der Waals surface area (Å²) in [6.45, 7) is 4.84. The number of nitrogens with zero attached hydrogens (tertiary/aromatic N) is 1. The molecule has 5 nitrogen and oxygen atoms in total. The Morgan fingerprint density at radius 1 is 1.57 bits per heavy atom. The average molecular weight is 201 g/mol. The van der Waals surface area contributed by atoms with Crippen LogP contribution in [-0.2, 0) is 14.3 Å². The zero-order valence-electron chi connectivity index (χ0n) is 8.61. The summed E-state index contributed by atoms with van der Waals surface area (Å²) < 4.78 is 4.83. The van der Waals surface area contributed by atoms with Crippen molar-refractivity contribution in [1.29, 1.82) is 0 Å². The van der Waals surface area contributed by atoms with E-state index < -0.39 is 17.7 Å². The summed E-state index contributed by atoms with van der Waals surface area (Å²) in [5, 5.41) is 8.99. The molecule has 1 N–H and O–H groups in total. The molecule has 0 amide bonds. The van der Waals surface area contributed by atoms with Crippen LogP contribution >= 0.6 is 0 Å². The molecule has 0 aromatic carbocycles. The predicted octanol–water partition coefficient (Wildman–Crippen LogP) is 0.468. The van der Waals surface area contributed by atoms with E-state index in [9.17, 15) is 9.59 Å². The van der Waals surface area contributed by atoms with Crippen molar-refractivity contribution in [3.63, 3.8) is 0 Å². The molecule has 0 aliphatic rings. The number of hydrogen-bond acceptors (Lipinski definition) is 4. The molecule has 1 unspecified atom stereocenters. The summed E-state index contributed by atoms with van der Waals surface area (Å²) >= 11 is 0. The molecule has 0 saturated heterocycles. The number of carbonyl (C=O) groups is 2. The highest BCUT2D eigenvalue weighted by Crippen LogP contribution is 2.19. The molecule has 0 spiro atoms. The summed E-state index contributed by atoms with van der Waals surface area (Å²) in [7, 11) is 3.07. The highest BCUT2D eigenvalue weighted by atomic mass is 16.6. The van der Waals surface area contributed by atoms with Gasteiger partial charge in [0.1, 0.15) is 0 Å². The van der Waals surface area contributed by atoms with Gasteiger partial charge in [-0.25, -0.2) is 9.59 Å². The van der Waals surface area contributed by atoms with Gasteiger partial charge in [-0.1, -0.05) is 13.5 Å². The van der Waals surface area contributed by atoms with Crippen LogP contribution in [0.1, 0.15) is 13.3 Å². The third-order valence-electron chi connectivity index (χ3n) is 1.97. The maximum Gasteiger partial charge on any atom is 0.364 e. The molecule has 0 heterocycles. The number of likely N-dealkylation sites (N-methyl/N-ethyl adjacent to an activating group) is 1. The molecule has 80 valence electrons. The summed E-state index contributed by atoms with van der Waals surface area (Å²) in [4.78, 5) is 23.3. The molecule has 0 aromatic heterocycles. The normalized spacial score (nSPS) is 14.6. The minimum absolute atomic E-state index is 0.162. The van der Waals surface area contributed by atoms with E-state index in [2.05, 4.69) is 6.58 Å². The Morgan fingerprint density at radius 3 is 2.29 bits per heavy atom. The van der Waals surface area contributed by atoms with Crippen molar-refractivity contribution in [2.24, 2.45) is 0 Å². The number of aliphatic carboxylic acids is 1. The van der Waals surface area contributed by atoms with Crippen molar-refractivity contribution in [3.05, 3.63) is 12.7 Å². The summed E-state index contributed by atoms with van der Waals surface area (Å²) in [6, 6.07) is 0. The second kappa shape index (κ2) is 4.76. The smallest absolute Gasteiger partial charge is 0.364 e. The van der Waals surface area contributed by atoms with Crippen molar-refractivity contribution in [2.45, 2.75) is 19.1 Å². The number of carboxylic acids is 1. The molecular weight excluding hydrogens is 186 g/mol. The van der Waals surface area contributed by atoms with Gasteiger partial charge < -0.3 is 9.84 Å². The zero-order valence-corrected chi connectivity index (χ0v) is 8.61. The quantitative estimate of drug-likeness (QED) is 0.398. The van der Waals surface area contributed by atoms with Crippen LogP contribution < -0.4 is 0 Å². The van der Waals surface area contributed by atoms with E-state index in [1.165, 1.54) is 19.0 Å². The Balaban J connectivity index is 4.95. The van der Waals surface area contributed by atoms with Gasteiger partial charge in [-0.15, -0.1) is 0 Å². The monoisotopic (exact) mass is 201 g/mol. The Labute approximate surface area is 83.0 Å². The van der Waals surface area contributed by atoms with Gasteiger partial charge in [0, 0.05) is 12.5 Å². The first kappa shape index (κ1) is 12.6. The molecule has 0 saturated carbocycles. The van der Waals surface area contributed by atoms with Crippen LogP contribution in [0.5, 0.6) is 0 Å². The van der Waals surface area contributed by atoms with E-state index in [1.54, 1.807) is 6.92 Å². The van der Waals surface area contributed by atoms with E-state index >= 15 is 0 Å². The third kappa shape index (κ3) is 2.32. The first-order valence-electron chi connectivity index (χ1n) is 4.17. The molecule has 0 bridgehead atoms. The van der Waals surface area contributed by atoms with Gasteiger partial charge in [0.25, 0.3) is 5.72 Å². The summed E-state index contributed by atoms with van der Waals surface area (Å²) in [6.07, 6.45) is 1.10. The number of esters is 1. The van der Waals surface area contributed by atoms with Crippen LogP contribution in [0, 0.1) is 0 Å². The van der Waals surface area contributed by atoms with E-state index in [0.29, 0.717) is 0 Å². The predicted molar refractivity (Wildman–Crippen MR) is 50.6 cm³/mol. The molecule has 0 aliphatic heterocycles. The largest absolute Gasteiger partial charge is 0.477 e. The Kier molecular flexibility index (Phi) is 4.30. The van der Waals surface area contributed by atoms with Crippen LogP contribution in [0.25, 0.3) is 0 Å². The van der Waals surface area contributed by atoms with Gasteiger partial charge >= 0.3 is 11.9 Å². The van der Waals surface area contributed by atoms with Crippen molar-refractivity contribution in [2.75, 3.05) is 14.1 Å². The van der Waals surface area contributed by atoms with Gasteiger partial charge in [0.05, 0.1) is 0 Å². The first-order valence-corrected chi connectivity index (χ1v) is 4.17. The van der Waals surface area contributed by atoms with Crippen LogP contribution in [0.2, 0.25) is 0 Å². The lowest BCUT2D eigenvalue weighted by Crippen LogP contribution is -2.53. The summed E-state index contributed by atoms with van der Waals surface area (Å²) in [5.41, 5.74) is -1.61. The topological polar surface area (TPSA) is 66.8 Å². The number of carboxylic acid groups (broad SMARTS) is 1. The van der Waals surface area contributed by atoms with Gasteiger partial charge in [-0.2, -0.15) is 0 Å². The molecule has 1 atom stereocenters. The van der Waals surface area contributed by atoms with Crippen molar-refractivity contribution >= 4 is 11.9 Å². The van der Waals surface area contributed by atoms with Gasteiger partial charge in [0.2, 0.25) is 0 Å². The van der Waals surface area contributed by atoms with E-state index in [4.69, 9.17) is 9.84 Å². The molecule has 0 fully saturated rings. The Hall–Kier alpha value is -1.36. The van der Waals surface area contributed by atoms with E-state index in [-0.39, 0.29) is 6.42 Å². The van der Waals surface area contributed by atoms with Crippen molar-refractivity contribution in [3.8, 4) is 0 Å². The van der Waals surface area contributed by atoms with Crippen LogP contribution in [0.4, 0.5) is 0 Å². The fraction of sp³-hybridized carbons (Fsp3) is 0.556. The Morgan fingerprint density at radius 2 is 2.07 bits per heavy atom. The number of ether oxygens (including phenoxy) is 1.